The molecule has 0 fully saturated rings. The number of hydrogen-bond donors (Lipinski definition) is 3. The number of nitrogens with one attached hydrogen (secondary N) is 1. The van der Waals surface area contributed by atoms with E-state index in [0.717, 1.165) is 6.07 Å². The Morgan fingerprint density at radius 1 is 1.38 bits per heavy atom. The van der Waals surface area contributed by atoms with Gasteiger partial charge in [0, 0.05) is 6.07 Å². The van der Waals surface area contributed by atoms with Crippen LogP contribution in [0.5, 0.6) is 0 Å². The number of benzene rings is 1. The molecular weight excluding hydrogens is 284 g/mol. The van der Waals surface area contributed by atoms with Gasteiger partial charge in [0.15, 0.2) is 0 Å². The van der Waals surface area contributed by atoms with Gasteiger partial charge in [-0.15, -0.1) is 0 Å². The summed E-state index contributed by atoms with van der Waals surface area (Å²) in [6.07, 6.45) is 0.416. The average molecular weight is 298 g/mol. The van der Waals surface area contributed by atoms with Crippen LogP contribution in [0.25, 0.3) is 0 Å². The lowest BCUT2D eigenvalue weighted by Gasteiger charge is -2.14. The Labute approximate surface area is 118 Å². The van der Waals surface area contributed by atoms with Crippen molar-refractivity contribution >= 4 is 23.0 Å². The van der Waals surface area contributed by atoms with Gasteiger partial charge in [0.1, 0.15) is 5.69 Å². The summed E-state index contributed by atoms with van der Waals surface area (Å²) in [5.74, 6) is -0.819. The number of aliphatic hydroxyl groups excluding tert-OH is 1. The van der Waals surface area contributed by atoms with E-state index in [4.69, 9.17) is 10.8 Å². The van der Waals surface area contributed by atoms with Crippen LogP contribution in [0.3, 0.4) is 0 Å². The molecule has 1 amide bonds. The molecule has 10 heteroatoms. The van der Waals surface area contributed by atoms with Gasteiger partial charge in [0.2, 0.25) is 0 Å². The highest BCUT2D eigenvalue weighted by molar-refractivity contribution is 6.02. The lowest BCUT2D eigenvalue weighted by Crippen LogP contribution is -2.37. The highest BCUT2D eigenvalue weighted by Gasteiger charge is 2.26. The Hall–Kier alpha value is -2.75. The van der Waals surface area contributed by atoms with Crippen molar-refractivity contribution in [1.29, 1.82) is 0 Å². The van der Waals surface area contributed by atoms with Crippen LogP contribution in [0.15, 0.2) is 12.1 Å². The van der Waals surface area contributed by atoms with Gasteiger partial charge in [0.05, 0.1) is 34.1 Å². The predicted octanol–water partition coefficient (Wildman–Crippen LogP) is 0.586. The summed E-state index contributed by atoms with van der Waals surface area (Å²) in [6, 6.07) is 0.979. The summed E-state index contributed by atoms with van der Waals surface area (Å²) >= 11 is 0. The molecule has 0 aliphatic carbocycles. The Balaban J connectivity index is 3.30. The molecule has 1 aromatic rings. The molecule has 0 saturated carbocycles. The minimum Gasteiger partial charge on any atom is -0.394 e. The normalized spacial score (nSPS) is 11.7. The van der Waals surface area contributed by atoms with Gasteiger partial charge in [-0.1, -0.05) is 6.92 Å². The molecule has 0 aliphatic heterocycles. The smallest absolute Gasteiger partial charge is 0.299 e. The molecule has 1 atom stereocenters. The summed E-state index contributed by atoms with van der Waals surface area (Å²) in [4.78, 5) is 31.8. The maximum Gasteiger partial charge on any atom is 0.299 e. The minimum atomic E-state index is -0.900. The van der Waals surface area contributed by atoms with Crippen LogP contribution in [-0.4, -0.2) is 33.5 Å². The third kappa shape index (κ3) is 3.63. The van der Waals surface area contributed by atoms with Gasteiger partial charge in [-0.05, 0) is 6.42 Å². The molecule has 4 N–H and O–H groups in total. The van der Waals surface area contributed by atoms with Crippen LogP contribution >= 0.6 is 0 Å². The molecule has 10 nitrogen and oxygen atoms in total. The second kappa shape index (κ2) is 6.61. The van der Waals surface area contributed by atoms with Gasteiger partial charge in [0.25, 0.3) is 17.3 Å². The summed E-state index contributed by atoms with van der Waals surface area (Å²) in [7, 11) is 0. The molecule has 0 heterocycles. The molecule has 0 saturated heterocycles. The van der Waals surface area contributed by atoms with E-state index in [9.17, 15) is 25.0 Å². The molecule has 1 aromatic carbocycles. The highest BCUT2D eigenvalue weighted by atomic mass is 16.6. The summed E-state index contributed by atoms with van der Waals surface area (Å²) < 4.78 is 0. The van der Waals surface area contributed by atoms with Crippen LogP contribution in [0.2, 0.25) is 0 Å². The number of carbonyl (C=O) groups excluding carboxylic acids is 1. The number of nitrogens with zero attached hydrogens (tertiary/aromatic N) is 2. The Morgan fingerprint density at radius 3 is 2.43 bits per heavy atom. The third-order valence-corrected chi connectivity index (χ3v) is 2.84. The van der Waals surface area contributed by atoms with E-state index >= 15 is 0 Å². The van der Waals surface area contributed by atoms with E-state index in [1.807, 2.05) is 0 Å². The zero-order chi connectivity index (χ0) is 16.2. The van der Waals surface area contributed by atoms with E-state index in [1.165, 1.54) is 0 Å². The molecule has 21 heavy (non-hydrogen) atoms. The molecule has 1 unspecified atom stereocenters. The number of aliphatic hydroxyl groups is 1. The lowest BCUT2D eigenvalue weighted by molar-refractivity contribution is -0.393. The zero-order valence-electron chi connectivity index (χ0n) is 11.1. The van der Waals surface area contributed by atoms with Gasteiger partial charge in [-0.3, -0.25) is 25.0 Å². The Kier molecular flexibility index (Phi) is 5.13. The minimum absolute atomic E-state index is 0.334. The predicted molar refractivity (Wildman–Crippen MR) is 72.8 cm³/mol. The van der Waals surface area contributed by atoms with Crippen molar-refractivity contribution in [3.63, 3.8) is 0 Å². The quantitative estimate of drug-likeness (QED) is 0.393. The van der Waals surface area contributed by atoms with Crippen LogP contribution in [0, 0.1) is 20.2 Å². The summed E-state index contributed by atoms with van der Waals surface area (Å²) in [5, 5.41) is 33.0. The molecule has 1 rings (SSSR count). The van der Waals surface area contributed by atoms with Gasteiger partial charge >= 0.3 is 0 Å². The number of nitrogen functional groups attached to an aromatic ring is 1. The van der Waals surface area contributed by atoms with Gasteiger partial charge < -0.3 is 16.2 Å². The van der Waals surface area contributed by atoms with Crippen LogP contribution in [0.4, 0.5) is 17.1 Å². The van der Waals surface area contributed by atoms with Gasteiger partial charge in [-0.25, -0.2) is 0 Å². The number of carbonyl (C=O) groups is 1. The number of nitrogens with two attached hydrogens (primary N) is 1. The second-order valence-electron chi connectivity index (χ2n) is 4.20. The van der Waals surface area contributed by atoms with Crippen molar-refractivity contribution in [1.82, 2.24) is 5.32 Å². The van der Waals surface area contributed by atoms with Crippen LogP contribution < -0.4 is 11.1 Å². The van der Waals surface area contributed by atoms with Crippen molar-refractivity contribution in [2.45, 2.75) is 19.4 Å². The Bertz CT molecular complexity index is 584. The lowest BCUT2D eigenvalue weighted by atomic mass is 10.1. The van der Waals surface area contributed by atoms with E-state index in [-0.39, 0.29) is 12.2 Å². The summed E-state index contributed by atoms with van der Waals surface area (Å²) in [6.45, 7) is 1.37. The van der Waals surface area contributed by atoms with Gasteiger partial charge in [-0.2, -0.15) is 0 Å². The van der Waals surface area contributed by atoms with E-state index in [0.29, 0.717) is 12.5 Å². The first-order valence-corrected chi connectivity index (χ1v) is 5.95. The van der Waals surface area contributed by atoms with Crippen molar-refractivity contribution in [3.05, 3.63) is 37.9 Å². The first kappa shape index (κ1) is 16.3. The van der Waals surface area contributed by atoms with E-state index in [1.54, 1.807) is 6.92 Å². The number of anilines is 1. The van der Waals surface area contributed by atoms with Crippen molar-refractivity contribution < 1.29 is 19.7 Å². The van der Waals surface area contributed by atoms with E-state index in [2.05, 4.69) is 5.32 Å². The number of amides is 1. The number of nitro benzene ring substituents is 2. The first-order valence-electron chi connectivity index (χ1n) is 5.95. The van der Waals surface area contributed by atoms with Crippen LogP contribution in [0.1, 0.15) is 23.7 Å². The average Bonchev–Trinajstić information content (AvgIpc) is 2.43. The largest absolute Gasteiger partial charge is 0.394 e. The SMILES string of the molecule is CCC(CO)NC(=O)c1cc([N+](=O)[O-])cc([N+](=O)[O-])c1N. The number of non-ortho nitro benzene ring substituents is 1. The van der Waals surface area contributed by atoms with Crippen molar-refractivity contribution in [2.75, 3.05) is 12.3 Å². The fraction of sp³-hybridized carbons (Fsp3) is 0.364. The summed E-state index contributed by atoms with van der Waals surface area (Å²) in [5.41, 5.74) is 3.36. The standard InChI is InChI=1S/C11H14N4O6/c1-2-6(5-16)13-11(17)8-3-7(14(18)19)4-9(10(8)12)15(20)21/h3-4,6,16H,2,5,12H2,1H3,(H,13,17). The Morgan fingerprint density at radius 2 is 2.00 bits per heavy atom. The van der Waals surface area contributed by atoms with E-state index < -0.39 is 38.9 Å². The number of nitro groups is 2. The van der Waals surface area contributed by atoms with Crippen LogP contribution in [-0.2, 0) is 0 Å². The fourth-order valence-corrected chi connectivity index (χ4v) is 1.61. The molecule has 0 aliphatic rings. The third-order valence-electron chi connectivity index (χ3n) is 2.84. The molecule has 0 bridgehead atoms. The second-order valence-corrected chi connectivity index (χ2v) is 4.20. The molecule has 114 valence electrons. The molecule has 0 radical (unpaired) electrons. The van der Waals surface area contributed by atoms with Crippen molar-refractivity contribution in [2.24, 2.45) is 0 Å². The van der Waals surface area contributed by atoms with Crippen molar-refractivity contribution in [3.8, 4) is 0 Å². The molecule has 0 aromatic heterocycles. The highest BCUT2D eigenvalue weighted by Crippen LogP contribution is 2.30. The molecular formula is C11H14N4O6. The molecule has 0 spiro atoms. The maximum atomic E-state index is 12.0. The number of rotatable bonds is 6. The topological polar surface area (TPSA) is 162 Å². The fourth-order valence-electron chi connectivity index (χ4n) is 1.61. The first-order chi connectivity index (χ1) is 9.81. The number of hydrogen-bond acceptors (Lipinski definition) is 7. The maximum absolute atomic E-state index is 12.0. The monoisotopic (exact) mass is 298 g/mol. The zero-order valence-corrected chi connectivity index (χ0v) is 11.1.